The van der Waals surface area contributed by atoms with Crippen LogP contribution in [0.3, 0.4) is 0 Å². The van der Waals surface area contributed by atoms with Crippen molar-refractivity contribution in [3.8, 4) is 6.19 Å². The molecule has 0 amide bonds. The van der Waals surface area contributed by atoms with Crippen molar-refractivity contribution < 1.29 is 8.42 Å². The molecule has 0 N–H and O–H groups in total. The van der Waals surface area contributed by atoms with E-state index in [9.17, 15) is 8.42 Å². The lowest BCUT2D eigenvalue weighted by Gasteiger charge is -2.09. The second kappa shape index (κ2) is 3.46. The molecule has 0 atom stereocenters. The Morgan fingerprint density at radius 1 is 1.31 bits per heavy atom. The predicted octanol–water partition coefficient (Wildman–Crippen LogP) is 0.788. The summed E-state index contributed by atoms with van der Waals surface area (Å²) < 4.78 is 23.6. The molecule has 0 radical (unpaired) electrons. The molecule has 0 saturated carbocycles. The van der Waals surface area contributed by atoms with Gasteiger partial charge >= 0.3 is 0 Å². The van der Waals surface area contributed by atoms with Crippen LogP contribution in [0.15, 0.2) is 35.2 Å². The molecule has 1 aromatic carbocycles. The molecular formula is C8H8N2O2S. The number of benzene rings is 1. The van der Waals surface area contributed by atoms with Crippen LogP contribution < -0.4 is 0 Å². The molecule has 0 aliphatic carbocycles. The zero-order chi connectivity index (χ0) is 9.90. The summed E-state index contributed by atoms with van der Waals surface area (Å²) in [4.78, 5) is 0.124. The molecule has 0 aliphatic heterocycles. The first kappa shape index (κ1) is 9.55. The van der Waals surface area contributed by atoms with Gasteiger partial charge in [0.1, 0.15) is 0 Å². The summed E-state index contributed by atoms with van der Waals surface area (Å²) in [6.07, 6.45) is 1.55. The van der Waals surface area contributed by atoms with Crippen molar-refractivity contribution in [2.45, 2.75) is 4.90 Å². The Kier molecular flexibility index (Phi) is 2.54. The fourth-order valence-electron chi connectivity index (χ4n) is 0.804. The van der Waals surface area contributed by atoms with Crippen LogP contribution in [-0.2, 0) is 10.0 Å². The van der Waals surface area contributed by atoms with Gasteiger partial charge in [-0.1, -0.05) is 18.2 Å². The molecule has 4 nitrogen and oxygen atoms in total. The van der Waals surface area contributed by atoms with Crippen LogP contribution >= 0.6 is 0 Å². The van der Waals surface area contributed by atoms with Crippen molar-refractivity contribution in [3.05, 3.63) is 30.3 Å². The maximum Gasteiger partial charge on any atom is 0.272 e. The largest absolute Gasteiger partial charge is 0.272 e. The molecule has 0 heterocycles. The van der Waals surface area contributed by atoms with Gasteiger partial charge in [-0.05, 0) is 12.1 Å². The molecule has 0 unspecified atom stereocenters. The monoisotopic (exact) mass is 196 g/mol. The van der Waals surface area contributed by atoms with E-state index in [2.05, 4.69) is 0 Å². The third-order valence-corrected chi connectivity index (χ3v) is 3.21. The van der Waals surface area contributed by atoms with Gasteiger partial charge in [-0.3, -0.25) is 0 Å². The minimum absolute atomic E-state index is 0.124. The van der Waals surface area contributed by atoms with Gasteiger partial charge in [-0.2, -0.15) is 5.26 Å². The Balaban J connectivity index is 3.19. The molecule has 0 fully saturated rings. The summed E-state index contributed by atoms with van der Waals surface area (Å²) in [5.74, 6) is 0. The molecule has 68 valence electrons. The van der Waals surface area contributed by atoms with E-state index in [-0.39, 0.29) is 4.90 Å². The third kappa shape index (κ3) is 1.79. The highest BCUT2D eigenvalue weighted by atomic mass is 32.2. The van der Waals surface area contributed by atoms with Gasteiger partial charge in [0.2, 0.25) is 0 Å². The molecule has 0 aromatic heterocycles. The first-order valence-electron chi connectivity index (χ1n) is 3.53. The van der Waals surface area contributed by atoms with Gasteiger partial charge in [-0.25, -0.2) is 12.7 Å². The molecule has 13 heavy (non-hydrogen) atoms. The van der Waals surface area contributed by atoms with E-state index in [0.29, 0.717) is 4.31 Å². The number of rotatable bonds is 2. The average molecular weight is 196 g/mol. The highest BCUT2D eigenvalue weighted by Gasteiger charge is 2.18. The number of nitrogens with zero attached hydrogens (tertiary/aromatic N) is 2. The SMILES string of the molecule is CN(C#N)S(=O)(=O)c1ccccc1. The van der Waals surface area contributed by atoms with Crippen LogP contribution in [0.1, 0.15) is 0 Å². The lowest BCUT2D eigenvalue weighted by atomic mass is 10.4. The van der Waals surface area contributed by atoms with Crippen molar-refractivity contribution in [2.75, 3.05) is 7.05 Å². The first-order chi connectivity index (χ1) is 6.09. The highest BCUT2D eigenvalue weighted by molar-refractivity contribution is 7.89. The summed E-state index contributed by atoms with van der Waals surface area (Å²) in [7, 11) is -2.41. The van der Waals surface area contributed by atoms with Crippen molar-refractivity contribution in [1.82, 2.24) is 4.31 Å². The Morgan fingerprint density at radius 3 is 2.31 bits per heavy atom. The maximum absolute atomic E-state index is 11.5. The van der Waals surface area contributed by atoms with Crippen molar-refractivity contribution in [1.29, 1.82) is 5.26 Å². The molecule has 1 rings (SSSR count). The van der Waals surface area contributed by atoms with Gasteiger partial charge in [0.05, 0.1) is 4.90 Å². The predicted molar refractivity (Wildman–Crippen MR) is 47.0 cm³/mol. The molecule has 0 saturated heterocycles. The van der Waals surface area contributed by atoms with Crippen LogP contribution in [0.2, 0.25) is 0 Å². The van der Waals surface area contributed by atoms with Crippen molar-refractivity contribution in [2.24, 2.45) is 0 Å². The number of nitriles is 1. The van der Waals surface area contributed by atoms with Crippen LogP contribution in [-0.4, -0.2) is 19.8 Å². The van der Waals surface area contributed by atoms with E-state index in [1.165, 1.54) is 19.2 Å². The van der Waals surface area contributed by atoms with Crippen LogP contribution in [0, 0.1) is 11.5 Å². The van der Waals surface area contributed by atoms with E-state index in [0.717, 1.165) is 0 Å². The number of hydrogen-bond acceptors (Lipinski definition) is 3. The van der Waals surface area contributed by atoms with E-state index >= 15 is 0 Å². The fraction of sp³-hybridized carbons (Fsp3) is 0.125. The normalized spacial score (nSPS) is 10.5. The number of hydrogen-bond donors (Lipinski definition) is 0. The molecule has 5 heteroatoms. The second-order valence-corrected chi connectivity index (χ2v) is 4.35. The van der Waals surface area contributed by atoms with Crippen LogP contribution in [0.4, 0.5) is 0 Å². The van der Waals surface area contributed by atoms with Crippen molar-refractivity contribution >= 4 is 10.0 Å². The molecular weight excluding hydrogens is 188 g/mol. The molecule has 0 aliphatic rings. The van der Waals surface area contributed by atoms with Gasteiger partial charge in [0.25, 0.3) is 10.0 Å². The minimum Gasteiger partial charge on any atom is -0.205 e. The summed E-state index contributed by atoms with van der Waals surface area (Å²) in [5.41, 5.74) is 0. The van der Waals surface area contributed by atoms with Crippen LogP contribution in [0.25, 0.3) is 0 Å². The molecule has 0 spiro atoms. The Labute approximate surface area is 77.1 Å². The Bertz CT molecular complexity index is 419. The maximum atomic E-state index is 11.5. The summed E-state index contributed by atoms with van der Waals surface area (Å²) >= 11 is 0. The first-order valence-corrected chi connectivity index (χ1v) is 4.97. The molecule has 0 bridgehead atoms. The van der Waals surface area contributed by atoms with Gasteiger partial charge in [0.15, 0.2) is 6.19 Å². The zero-order valence-electron chi connectivity index (χ0n) is 7.01. The van der Waals surface area contributed by atoms with Crippen molar-refractivity contribution in [3.63, 3.8) is 0 Å². The van der Waals surface area contributed by atoms with Crippen LogP contribution in [0.5, 0.6) is 0 Å². The quantitative estimate of drug-likeness (QED) is 0.519. The number of sulfonamides is 1. The Hall–Kier alpha value is -1.54. The Morgan fingerprint density at radius 2 is 1.85 bits per heavy atom. The molecule has 1 aromatic rings. The summed E-state index contributed by atoms with van der Waals surface area (Å²) in [5, 5.41) is 8.43. The van der Waals surface area contributed by atoms with E-state index in [1.807, 2.05) is 0 Å². The summed E-state index contributed by atoms with van der Waals surface area (Å²) in [6.45, 7) is 0. The highest BCUT2D eigenvalue weighted by Crippen LogP contribution is 2.11. The average Bonchev–Trinajstić information content (AvgIpc) is 2.18. The lowest BCUT2D eigenvalue weighted by Crippen LogP contribution is -2.21. The standard InChI is InChI=1S/C8H8N2O2S/c1-10(7-9)13(11,12)8-5-3-2-4-6-8/h2-6H,1H3. The second-order valence-electron chi connectivity index (χ2n) is 2.39. The third-order valence-electron chi connectivity index (χ3n) is 1.54. The zero-order valence-corrected chi connectivity index (χ0v) is 7.82. The van der Waals surface area contributed by atoms with Gasteiger partial charge in [0, 0.05) is 7.05 Å². The van der Waals surface area contributed by atoms with E-state index in [1.54, 1.807) is 24.4 Å². The van der Waals surface area contributed by atoms with E-state index < -0.39 is 10.0 Å². The summed E-state index contributed by atoms with van der Waals surface area (Å²) in [6, 6.07) is 7.83. The van der Waals surface area contributed by atoms with Gasteiger partial charge < -0.3 is 0 Å². The van der Waals surface area contributed by atoms with Gasteiger partial charge in [-0.15, -0.1) is 0 Å². The van der Waals surface area contributed by atoms with E-state index in [4.69, 9.17) is 5.26 Å². The topological polar surface area (TPSA) is 61.2 Å². The smallest absolute Gasteiger partial charge is 0.205 e. The lowest BCUT2D eigenvalue weighted by molar-refractivity contribution is 0.544. The fourth-order valence-corrected chi connectivity index (χ4v) is 1.73. The minimum atomic E-state index is -3.62.